The zero-order valence-electron chi connectivity index (χ0n) is 9.75. The van der Waals surface area contributed by atoms with Crippen LogP contribution in [0.3, 0.4) is 0 Å². The summed E-state index contributed by atoms with van der Waals surface area (Å²) in [5.74, 6) is 0. The molecule has 3 N–H and O–H groups in total. The molecule has 0 bridgehead atoms. The summed E-state index contributed by atoms with van der Waals surface area (Å²) in [6.07, 6.45) is 5.72. The number of hydrogen-bond donors (Lipinski definition) is 2. The molecule has 0 aliphatic carbocycles. The maximum Gasteiger partial charge on any atom is 0.0947 e. The van der Waals surface area contributed by atoms with Gasteiger partial charge in [0.2, 0.25) is 0 Å². The van der Waals surface area contributed by atoms with Gasteiger partial charge in [0.05, 0.1) is 12.5 Å². The van der Waals surface area contributed by atoms with Crippen molar-refractivity contribution in [2.75, 3.05) is 13.1 Å². The van der Waals surface area contributed by atoms with E-state index >= 15 is 0 Å². The monoisotopic (exact) mass is 210 g/mol. The van der Waals surface area contributed by atoms with Gasteiger partial charge in [0.15, 0.2) is 0 Å². The Balaban J connectivity index is 2.34. The molecule has 0 spiro atoms. The molecular weight excluding hydrogens is 188 g/mol. The third kappa shape index (κ3) is 3.36. The highest BCUT2D eigenvalue weighted by Gasteiger charge is 2.23. The lowest BCUT2D eigenvalue weighted by atomic mass is 9.82. The van der Waals surface area contributed by atoms with Gasteiger partial charge in [-0.25, -0.2) is 0 Å². The molecule has 0 amide bonds. The molecule has 0 radical (unpaired) electrons. The highest BCUT2D eigenvalue weighted by Crippen LogP contribution is 2.23. The molecule has 1 rings (SSSR count). The number of hydrogen-bond acceptors (Lipinski definition) is 3. The van der Waals surface area contributed by atoms with Gasteiger partial charge < -0.3 is 15.5 Å². The third-order valence-corrected chi connectivity index (χ3v) is 3.34. The van der Waals surface area contributed by atoms with Gasteiger partial charge in [-0.05, 0) is 30.9 Å². The molecule has 0 saturated heterocycles. The summed E-state index contributed by atoms with van der Waals surface area (Å²) in [4.78, 5) is 0. The molecule has 1 heterocycles. The molecule has 3 nitrogen and oxygen atoms in total. The van der Waals surface area contributed by atoms with E-state index in [2.05, 4.69) is 19.2 Å². The first-order chi connectivity index (χ1) is 7.26. The van der Waals surface area contributed by atoms with Crippen molar-refractivity contribution in [1.29, 1.82) is 0 Å². The van der Waals surface area contributed by atoms with Crippen molar-refractivity contribution in [3.8, 4) is 0 Å². The molecule has 0 aliphatic rings. The van der Waals surface area contributed by atoms with Crippen molar-refractivity contribution >= 4 is 0 Å². The van der Waals surface area contributed by atoms with Gasteiger partial charge >= 0.3 is 0 Å². The zero-order valence-corrected chi connectivity index (χ0v) is 9.75. The van der Waals surface area contributed by atoms with Crippen molar-refractivity contribution in [2.45, 2.75) is 33.2 Å². The van der Waals surface area contributed by atoms with Gasteiger partial charge in [-0.2, -0.15) is 0 Å². The summed E-state index contributed by atoms with van der Waals surface area (Å²) in [7, 11) is 0. The van der Waals surface area contributed by atoms with E-state index in [4.69, 9.17) is 10.2 Å². The number of furan rings is 1. The Bertz CT molecular complexity index is 244. The van der Waals surface area contributed by atoms with Crippen LogP contribution in [-0.2, 0) is 6.54 Å². The fraction of sp³-hybridized carbons (Fsp3) is 0.667. The maximum atomic E-state index is 5.83. The Kier molecular flexibility index (Phi) is 4.85. The highest BCUT2D eigenvalue weighted by atomic mass is 16.3. The summed E-state index contributed by atoms with van der Waals surface area (Å²) in [6, 6.07) is 1.98. The Hall–Kier alpha value is -0.800. The van der Waals surface area contributed by atoms with Crippen LogP contribution >= 0.6 is 0 Å². The molecule has 1 aromatic rings. The van der Waals surface area contributed by atoms with E-state index in [1.165, 1.54) is 5.56 Å². The second kappa shape index (κ2) is 5.93. The molecule has 0 atom stereocenters. The SMILES string of the molecule is CCC(CC)(CN)CNCc1ccoc1. The summed E-state index contributed by atoms with van der Waals surface area (Å²) < 4.78 is 5.01. The van der Waals surface area contributed by atoms with Crippen LogP contribution in [0.5, 0.6) is 0 Å². The Morgan fingerprint density at radius 2 is 2.13 bits per heavy atom. The minimum Gasteiger partial charge on any atom is -0.472 e. The van der Waals surface area contributed by atoms with Crippen molar-refractivity contribution in [3.05, 3.63) is 24.2 Å². The predicted octanol–water partition coefficient (Wildman–Crippen LogP) is 2.13. The van der Waals surface area contributed by atoms with Gasteiger partial charge in [-0.1, -0.05) is 13.8 Å². The molecule has 1 aromatic heterocycles. The summed E-state index contributed by atoms with van der Waals surface area (Å²) in [6.45, 7) is 6.99. The van der Waals surface area contributed by atoms with E-state index in [-0.39, 0.29) is 5.41 Å². The van der Waals surface area contributed by atoms with Crippen LogP contribution < -0.4 is 11.1 Å². The van der Waals surface area contributed by atoms with Gasteiger partial charge in [0.25, 0.3) is 0 Å². The van der Waals surface area contributed by atoms with E-state index in [1.54, 1.807) is 12.5 Å². The first kappa shape index (κ1) is 12.3. The first-order valence-corrected chi connectivity index (χ1v) is 5.68. The van der Waals surface area contributed by atoms with Gasteiger partial charge in [0.1, 0.15) is 0 Å². The van der Waals surface area contributed by atoms with Crippen LogP contribution in [0, 0.1) is 5.41 Å². The van der Waals surface area contributed by atoms with E-state index in [9.17, 15) is 0 Å². The first-order valence-electron chi connectivity index (χ1n) is 5.68. The lowest BCUT2D eigenvalue weighted by molar-refractivity contribution is 0.258. The van der Waals surface area contributed by atoms with Crippen LogP contribution in [0.2, 0.25) is 0 Å². The molecule has 0 fully saturated rings. The largest absolute Gasteiger partial charge is 0.472 e. The predicted molar refractivity (Wildman–Crippen MR) is 62.5 cm³/mol. The Morgan fingerprint density at radius 1 is 1.40 bits per heavy atom. The minimum atomic E-state index is 0.254. The molecule has 0 unspecified atom stereocenters. The fourth-order valence-corrected chi connectivity index (χ4v) is 1.73. The highest BCUT2D eigenvalue weighted by molar-refractivity contribution is 5.04. The Morgan fingerprint density at radius 3 is 2.60 bits per heavy atom. The van der Waals surface area contributed by atoms with Gasteiger partial charge in [-0.15, -0.1) is 0 Å². The normalized spacial score (nSPS) is 11.9. The molecule has 0 aromatic carbocycles. The van der Waals surface area contributed by atoms with Crippen LogP contribution in [0.25, 0.3) is 0 Å². The van der Waals surface area contributed by atoms with Gasteiger partial charge in [-0.3, -0.25) is 0 Å². The molecular formula is C12H22N2O. The quantitative estimate of drug-likeness (QED) is 0.725. The van der Waals surface area contributed by atoms with Crippen molar-refractivity contribution in [1.82, 2.24) is 5.32 Å². The standard InChI is InChI=1S/C12H22N2O/c1-3-12(4-2,9-13)10-14-7-11-5-6-15-8-11/h5-6,8,14H,3-4,7,9-10,13H2,1-2H3. The lowest BCUT2D eigenvalue weighted by Crippen LogP contribution is -2.39. The topological polar surface area (TPSA) is 51.2 Å². The van der Waals surface area contributed by atoms with Crippen LogP contribution in [-0.4, -0.2) is 13.1 Å². The molecule has 86 valence electrons. The zero-order chi connectivity index (χ0) is 11.1. The number of nitrogens with two attached hydrogens (primary N) is 1. The second-order valence-corrected chi connectivity index (χ2v) is 4.15. The van der Waals surface area contributed by atoms with E-state index in [1.807, 2.05) is 6.07 Å². The number of rotatable bonds is 7. The summed E-state index contributed by atoms with van der Waals surface area (Å²) in [5.41, 5.74) is 7.27. The van der Waals surface area contributed by atoms with E-state index < -0.39 is 0 Å². The third-order valence-electron chi connectivity index (χ3n) is 3.34. The average Bonchev–Trinajstić information content (AvgIpc) is 2.78. The minimum absolute atomic E-state index is 0.254. The average molecular weight is 210 g/mol. The van der Waals surface area contributed by atoms with Crippen LogP contribution in [0.4, 0.5) is 0 Å². The Labute approximate surface area is 92.0 Å². The van der Waals surface area contributed by atoms with Crippen LogP contribution in [0.15, 0.2) is 23.0 Å². The van der Waals surface area contributed by atoms with Crippen molar-refractivity contribution < 1.29 is 4.42 Å². The second-order valence-electron chi connectivity index (χ2n) is 4.15. The molecule has 3 heteroatoms. The molecule has 0 saturated carbocycles. The van der Waals surface area contributed by atoms with Crippen LogP contribution in [0.1, 0.15) is 32.3 Å². The van der Waals surface area contributed by atoms with Crippen molar-refractivity contribution in [2.24, 2.45) is 11.1 Å². The summed E-state index contributed by atoms with van der Waals surface area (Å²) >= 11 is 0. The molecule has 0 aliphatic heterocycles. The smallest absolute Gasteiger partial charge is 0.0947 e. The maximum absolute atomic E-state index is 5.83. The number of nitrogens with one attached hydrogen (secondary N) is 1. The molecule has 15 heavy (non-hydrogen) atoms. The van der Waals surface area contributed by atoms with Crippen molar-refractivity contribution in [3.63, 3.8) is 0 Å². The van der Waals surface area contributed by atoms with E-state index in [0.29, 0.717) is 0 Å². The van der Waals surface area contributed by atoms with Gasteiger partial charge in [0, 0.05) is 18.7 Å². The summed E-state index contributed by atoms with van der Waals surface area (Å²) in [5, 5.41) is 3.44. The fourth-order valence-electron chi connectivity index (χ4n) is 1.73. The van der Waals surface area contributed by atoms with E-state index in [0.717, 1.165) is 32.5 Å². The lowest BCUT2D eigenvalue weighted by Gasteiger charge is -2.30.